The smallest absolute Gasteiger partial charge is 0.0312 e. The van der Waals surface area contributed by atoms with Crippen molar-refractivity contribution in [3.05, 3.63) is 0 Å². The molecule has 0 amide bonds. The molecular weight excluding hydrogens is 216 g/mol. The monoisotopic (exact) mass is 238 g/mol. The lowest BCUT2D eigenvalue weighted by molar-refractivity contribution is -0.465. The van der Waals surface area contributed by atoms with E-state index in [4.69, 9.17) is 0 Å². The molecule has 0 aromatic rings. The Labute approximate surface area is 109 Å². The van der Waals surface area contributed by atoms with Crippen molar-refractivity contribution in [2.75, 3.05) is 0 Å². The van der Waals surface area contributed by atoms with Crippen LogP contribution in [-0.2, 0) is 0 Å². The van der Waals surface area contributed by atoms with Gasteiger partial charge in [-0.15, -0.1) is 0 Å². The van der Waals surface area contributed by atoms with Gasteiger partial charge < -0.3 is 0 Å². The van der Waals surface area contributed by atoms with E-state index in [0.29, 0.717) is 0 Å². The van der Waals surface area contributed by atoms with Crippen LogP contribution < -0.4 is 0 Å². The van der Waals surface area contributed by atoms with Crippen molar-refractivity contribution >= 4 is 0 Å². The van der Waals surface area contributed by atoms with Gasteiger partial charge in [0.2, 0.25) is 0 Å². The molecular formula is C18H22. The zero-order valence-corrected chi connectivity index (χ0v) is 10.9. The molecule has 0 heterocycles. The van der Waals surface area contributed by atoms with Crippen LogP contribution in [0.4, 0.5) is 0 Å². The molecule has 8 aliphatic carbocycles. The molecule has 0 radical (unpaired) electrons. The molecule has 8 unspecified atom stereocenters. The summed E-state index contributed by atoms with van der Waals surface area (Å²) in [5.41, 5.74) is 0. The Bertz CT molecular complexity index is 418. The zero-order valence-electron chi connectivity index (χ0n) is 10.9. The van der Waals surface area contributed by atoms with E-state index in [-0.39, 0.29) is 0 Å². The van der Waals surface area contributed by atoms with Crippen molar-refractivity contribution in [3.63, 3.8) is 0 Å². The molecule has 0 nitrogen and oxygen atoms in total. The van der Waals surface area contributed by atoms with Gasteiger partial charge in [0.05, 0.1) is 0 Å². The summed E-state index contributed by atoms with van der Waals surface area (Å²) in [6, 6.07) is 0. The molecule has 0 bridgehead atoms. The Morgan fingerprint density at radius 1 is 0.278 bits per heavy atom. The Morgan fingerprint density at radius 3 is 0.722 bits per heavy atom. The van der Waals surface area contributed by atoms with Crippen molar-refractivity contribution in [3.8, 4) is 0 Å². The van der Waals surface area contributed by atoms with Crippen molar-refractivity contribution < 1.29 is 0 Å². The highest BCUT2D eigenvalue weighted by molar-refractivity contribution is 5.35. The maximum atomic E-state index is 1.64. The maximum Gasteiger partial charge on any atom is -0.0312 e. The highest BCUT2D eigenvalue weighted by Crippen LogP contribution is 2.92. The summed E-state index contributed by atoms with van der Waals surface area (Å²) in [5.74, 6) is 18.1. The highest BCUT2D eigenvalue weighted by Gasteiger charge is 2.88. The topological polar surface area (TPSA) is 0 Å². The number of hydrogen-bond acceptors (Lipinski definition) is 0. The molecule has 0 N–H and O–H groups in total. The van der Waals surface area contributed by atoms with Crippen molar-refractivity contribution in [2.45, 2.75) is 25.7 Å². The second-order valence-corrected chi connectivity index (χ2v) is 9.58. The fourth-order valence-corrected chi connectivity index (χ4v) is 10.1. The number of fused-ring (bicyclic) bond motifs is 19. The van der Waals surface area contributed by atoms with Crippen LogP contribution in [0.2, 0.25) is 0 Å². The molecule has 18 heavy (non-hydrogen) atoms. The van der Waals surface area contributed by atoms with Crippen LogP contribution in [0.1, 0.15) is 25.7 Å². The fourth-order valence-electron chi connectivity index (χ4n) is 10.1. The van der Waals surface area contributed by atoms with E-state index in [1.54, 1.807) is 25.7 Å². The SMILES string of the molecule is C1C[C@@H]2C1C1C3C4C5C6C7CC[C@@H]7[C@@H]6[C@@H]5C4[C@@H]3[C@@H]12. The summed E-state index contributed by atoms with van der Waals surface area (Å²) in [5, 5.41) is 0. The van der Waals surface area contributed by atoms with Crippen LogP contribution in [0, 0.1) is 82.9 Å². The number of rotatable bonds is 0. The van der Waals surface area contributed by atoms with Gasteiger partial charge >= 0.3 is 0 Å². The molecule has 0 aromatic heterocycles. The summed E-state index contributed by atoms with van der Waals surface area (Å²) >= 11 is 0. The summed E-state index contributed by atoms with van der Waals surface area (Å²) in [7, 11) is 0. The third kappa shape index (κ3) is 0.487. The maximum absolute atomic E-state index is 1.64. The summed E-state index contributed by atoms with van der Waals surface area (Å²) < 4.78 is 0. The van der Waals surface area contributed by atoms with E-state index in [1.165, 1.54) is 82.9 Å². The fraction of sp³-hybridized carbons (Fsp3) is 1.00. The zero-order chi connectivity index (χ0) is 10.9. The van der Waals surface area contributed by atoms with Gasteiger partial charge in [0, 0.05) is 0 Å². The van der Waals surface area contributed by atoms with Crippen molar-refractivity contribution in [2.24, 2.45) is 82.9 Å². The lowest BCUT2D eigenvalue weighted by Gasteiger charge is -2.93. The average Bonchev–Trinajstić information content (AvgIpc) is 2.28. The predicted molar refractivity (Wildman–Crippen MR) is 67.3 cm³/mol. The van der Waals surface area contributed by atoms with E-state index in [0.717, 1.165) is 0 Å². The Morgan fingerprint density at radius 2 is 0.500 bits per heavy atom. The van der Waals surface area contributed by atoms with Crippen molar-refractivity contribution in [1.82, 2.24) is 0 Å². The van der Waals surface area contributed by atoms with Crippen LogP contribution in [-0.4, -0.2) is 0 Å². The first-order valence-corrected chi connectivity index (χ1v) is 8.97. The Hall–Kier alpha value is 0. The molecule has 0 aliphatic heterocycles. The van der Waals surface area contributed by atoms with Gasteiger partial charge in [-0.25, -0.2) is 0 Å². The lowest BCUT2D eigenvalue weighted by Crippen LogP contribution is -2.90. The molecule has 0 heteroatoms. The number of hydrogen-bond donors (Lipinski definition) is 0. The quantitative estimate of drug-likeness (QED) is 0.568. The van der Waals surface area contributed by atoms with E-state index >= 15 is 0 Å². The first-order chi connectivity index (χ1) is 8.97. The van der Waals surface area contributed by atoms with Crippen molar-refractivity contribution in [1.29, 1.82) is 0 Å². The molecule has 8 fully saturated rings. The molecule has 0 saturated heterocycles. The van der Waals surface area contributed by atoms with Gasteiger partial charge in [0.15, 0.2) is 0 Å². The van der Waals surface area contributed by atoms with E-state index in [2.05, 4.69) is 0 Å². The van der Waals surface area contributed by atoms with Gasteiger partial charge in [-0.1, -0.05) is 0 Å². The van der Waals surface area contributed by atoms with E-state index < -0.39 is 0 Å². The van der Waals surface area contributed by atoms with Crippen LogP contribution in [0.15, 0.2) is 0 Å². The minimum atomic E-state index is 1.27. The minimum absolute atomic E-state index is 1.27. The lowest BCUT2D eigenvalue weighted by atomic mass is 9.11. The molecule has 14 atom stereocenters. The highest BCUT2D eigenvalue weighted by atomic mass is 14.9. The summed E-state index contributed by atoms with van der Waals surface area (Å²) in [6.07, 6.45) is 6.54. The van der Waals surface area contributed by atoms with Gasteiger partial charge in [-0.05, 0) is 109 Å². The normalized spacial score (nSPS) is 89.3. The predicted octanol–water partition coefficient (Wildman–Crippen LogP) is 3.28. The van der Waals surface area contributed by atoms with Crippen LogP contribution in [0.3, 0.4) is 0 Å². The standard InChI is InChI=1S/C18H22/c1-2-6-5(1)9-10(6)14-13(9)17-15-11-7-3-4-8(7)12(11)16(15)18(14)17/h5-18H,1-4H2/t5-,6?,7+,8?,9-,10?,11+,12?,13-,14?,15+,16?,17?,18?. The van der Waals surface area contributed by atoms with Crippen LogP contribution in [0.5, 0.6) is 0 Å². The van der Waals surface area contributed by atoms with E-state index in [9.17, 15) is 0 Å². The molecule has 8 rings (SSSR count). The third-order valence-corrected chi connectivity index (χ3v) is 10.5. The first-order valence-electron chi connectivity index (χ1n) is 8.97. The minimum Gasteiger partial charge on any atom is -0.0496 e. The summed E-state index contributed by atoms with van der Waals surface area (Å²) in [6.45, 7) is 0. The van der Waals surface area contributed by atoms with Gasteiger partial charge in [-0.2, -0.15) is 0 Å². The molecule has 8 saturated carbocycles. The molecule has 0 spiro atoms. The third-order valence-electron chi connectivity index (χ3n) is 10.5. The molecule has 0 aromatic carbocycles. The second-order valence-electron chi connectivity index (χ2n) is 9.58. The Kier molecular flexibility index (Phi) is 0.951. The van der Waals surface area contributed by atoms with E-state index in [1.807, 2.05) is 0 Å². The van der Waals surface area contributed by atoms with Gasteiger partial charge in [0.1, 0.15) is 0 Å². The second kappa shape index (κ2) is 2.06. The average molecular weight is 238 g/mol. The molecule has 94 valence electrons. The summed E-state index contributed by atoms with van der Waals surface area (Å²) in [4.78, 5) is 0. The Balaban J connectivity index is 1.17. The first kappa shape index (κ1) is 8.32. The molecule has 8 aliphatic rings. The van der Waals surface area contributed by atoms with Gasteiger partial charge in [0.25, 0.3) is 0 Å². The van der Waals surface area contributed by atoms with Crippen LogP contribution in [0.25, 0.3) is 0 Å². The largest absolute Gasteiger partial charge is 0.0496 e. The van der Waals surface area contributed by atoms with Gasteiger partial charge in [-0.3, -0.25) is 0 Å². The van der Waals surface area contributed by atoms with Crippen LogP contribution >= 0.6 is 0 Å².